The van der Waals surface area contributed by atoms with Gasteiger partial charge in [-0.2, -0.15) is 13.2 Å². The van der Waals surface area contributed by atoms with Crippen LogP contribution in [0.5, 0.6) is 0 Å². The maximum atomic E-state index is 13.5. The van der Waals surface area contributed by atoms with Crippen LogP contribution in [0.1, 0.15) is 28.2 Å². The number of benzene rings is 3. The van der Waals surface area contributed by atoms with Crippen LogP contribution in [0.4, 0.5) is 22.0 Å². The smallest absolute Gasteiger partial charge is 0.204 e. The van der Waals surface area contributed by atoms with Crippen molar-refractivity contribution in [1.29, 1.82) is 0 Å². The Hall–Kier alpha value is -2.69. The van der Waals surface area contributed by atoms with Gasteiger partial charge in [-0.05, 0) is 53.6 Å². The van der Waals surface area contributed by atoms with Crippen molar-refractivity contribution in [2.45, 2.75) is 31.4 Å². The summed E-state index contributed by atoms with van der Waals surface area (Å²) in [5.41, 5.74) is 2.45. The second kappa shape index (κ2) is 8.55. The molecule has 0 bridgehead atoms. The summed E-state index contributed by atoms with van der Waals surface area (Å²) in [4.78, 5) is 0. The Morgan fingerprint density at radius 3 is 1.82 bits per heavy atom. The number of hydrogen-bond donors (Lipinski definition) is 0. The van der Waals surface area contributed by atoms with E-state index in [9.17, 15) is 22.0 Å². The molecule has 3 aromatic carbocycles. The molecular formula is C23H19F5. The number of alkyl halides is 3. The molecule has 0 heterocycles. The molecule has 0 spiro atoms. The van der Waals surface area contributed by atoms with Gasteiger partial charge in [-0.15, -0.1) is 0 Å². The zero-order valence-electron chi connectivity index (χ0n) is 15.0. The minimum absolute atomic E-state index is 0.128. The van der Waals surface area contributed by atoms with Crippen LogP contribution in [0.3, 0.4) is 0 Å². The Balaban J connectivity index is 1.66. The third-order valence-electron chi connectivity index (χ3n) is 4.75. The molecule has 0 N–H and O–H groups in total. The fraction of sp³-hybridized carbons (Fsp3) is 0.217. The Bertz CT molecular complexity index is 899. The summed E-state index contributed by atoms with van der Waals surface area (Å²) in [6.45, 7) is 0. The summed E-state index contributed by atoms with van der Waals surface area (Å²) in [5, 5.41) is 0. The Labute approximate surface area is 160 Å². The maximum Gasteiger partial charge on any atom is 0.396 e. The molecule has 0 aliphatic heterocycles. The SMILES string of the molecule is Fc1ccc(CCc2ccc(C[C@@H](c3ccccc3)C(F)(F)F)cc2)cc1F. The molecule has 0 aliphatic rings. The molecule has 0 fully saturated rings. The normalized spacial score (nSPS) is 12.8. The molecule has 28 heavy (non-hydrogen) atoms. The third-order valence-corrected chi connectivity index (χ3v) is 4.75. The molecule has 3 rings (SSSR count). The highest BCUT2D eigenvalue weighted by Gasteiger charge is 2.40. The Morgan fingerprint density at radius 1 is 0.643 bits per heavy atom. The lowest BCUT2D eigenvalue weighted by atomic mass is 9.91. The molecule has 0 amide bonds. The zero-order chi connectivity index (χ0) is 20.1. The maximum absolute atomic E-state index is 13.5. The molecule has 1 atom stereocenters. The van der Waals surface area contributed by atoms with Crippen LogP contribution < -0.4 is 0 Å². The van der Waals surface area contributed by atoms with E-state index in [2.05, 4.69) is 0 Å². The molecule has 0 aliphatic carbocycles. The summed E-state index contributed by atoms with van der Waals surface area (Å²) in [6, 6.07) is 18.6. The topological polar surface area (TPSA) is 0 Å². The van der Waals surface area contributed by atoms with Gasteiger partial charge < -0.3 is 0 Å². The van der Waals surface area contributed by atoms with E-state index in [1.54, 1.807) is 42.5 Å². The van der Waals surface area contributed by atoms with E-state index in [0.29, 0.717) is 24.0 Å². The Kier molecular flexibility index (Phi) is 6.12. The minimum Gasteiger partial charge on any atom is -0.204 e. The lowest BCUT2D eigenvalue weighted by molar-refractivity contribution is -0.150. The predicted molar refractivity (Wildman–Crippen MR) is 99.2 cm³/mol. The van der Waals surface area contributed by atoms with E-state index in [1.807, 2.05) is 0 Å². The van der Waals surface area contributed by atoms with Crippen molar-refractivity contribution in [2.75, 3.05) is 0 Å². The van der Waals surface area contributed by atoms with E-state index < -0.39 is 23.7 Å². The average molecular weight is 390 g/mol. The number of aryl methyl sites for hydroxylation is 2. The fourth-order valence-corrected chi connectivity index (χ4v) is 3.17. The van der Waals surface area contributed by atoms with Gasteiger partial charge in [0.05, 0.1) is 5.92 Å². The average Bonchev–Trinajstić information content (AvgIpc) is 2.68. The number of rotatable bonds is 6. The van der Waals surface area contributed by atoms with Crippen molar-refractivity contribution in [3.05, 3.63) is 107 Å². The second-order valence-corrected chi connectivity index (χ2v) is 6.77. The minimum atomic E-state index is -4.33. The van der Waals surface area contributed by atoms with Crippen molar-refractivity contribution >= 4 is 0 Å². The molecule has 0 radical (unpaired) electrons. The first-order chi connectivity index (χ1) is 13.3. The van der Waals surface area contributed by atoms with Crippen LogP contribution >= 0.6 is 0 Å². The Morgan fingerprint density at radius 2 is 1.21 bits per heavy atom. The third kappa shape index (κ3) is 5.18. The monoisotopic (exact) mass is 390 g/mol. The van der Waals surface area contributed by atoms with Gasteiger partial charge >= 0.3 is 6.18 Å². The lowest BCUT2D eigenvalue weighted by Crippen LogP contribution is -2.23. The summed E-state index contributed by atoms with van der Waals surface area (Å²) < 4.78 is 66.7. The van der Waals surface area contributed by atoms with E-state index >= 15 is 0 Å². The van der Waals surface area contributed by atoms with E-state index in [0.717, 1.165) is 17.7 Å². The highest BCUT2D eigenvalue weighted by atomic mass is 19.4. The van der Waals surface area contributed by atoms with Gasteiger partial charge in [-0.25, -0.2) is 8.78 Å². The fourth-order valence-electron chi connectivity index (χ4n) is 3.17. The van der Waals surface area contributed by atoms with Crippen LogP contribution in [-0.2, 0) is 19.3 Å². The quantitative estimate of drug-likeness (QED) is 0.414. The van der Waals surface area contributed by atoms with Gasteiger partial charge in [0.1, 0.15) is 0 Å². The van der Waals surface area contributed by atoms with Crippen LogP contribution in [0.15, 0.2) is 72.8 Å². The molecule has 3 aromatic rings. The molecule has 0 saturated heterocycles. The van der Waals surface area contributed by atoms with Gasteiger partial charge in [0.2, 0.25) is 0 Å². The largest absolute Gasteiger partial charge is 0.396 e. The van der Waals surface area contributed by atoms with Crippen molar-refractivity contribution in [2.24, 2.45) is 0 Å². The number of halogens is 5. The summed E-state index contributed by atoms with van der Waals surface area (Å²) in [5.74, 6) is -3.32. The van der Waals surface area contributed by atoms with Crippen LogP contribution in [-0.4, -0.2) is 6.18 Å². The molecule has 0 unspecified atom stereocenters. The highest BCUT2D eigenvalue weighted by Crippen LogP contribution is 2.37. The zero-order valence-corrected chi connectivity index (χ0v) is 15.0. The van der Waals surface area contributed by atoms with E-state index in [1.165, 1.54) is 18.2 Å². The predicted octanol–water partition coefficient (Wildman–Crippen LogP) is 6.64. The van der Waals surface area contributed by atoms with Crippen LogP contribution in [0, 0.1) is 11.6 Å². The van der Waals surface area contributed by atoms with Gasteiger partial charge in [0.15, 0.2) is 11.6 Å². The summed E-state index contributed by atoms with van der Waals surface area (Å²) >= 11 is 0. The lowest BCUT2D eigenvalue weighted by Gasteiger charge is -2.21. The van der Waals surface area contributed by atoms with Crippen molar-refractivity contribution < 1.29 is 22.0 Å². The van der Waals surface area contributed by atoms with Crippen LogP contribution in [0.25, 0.3) is 0 Å². The van der Waals surface area contributed by atoms with Gasteiger partial charge in [0.25, 0.3) is 0 Å². The first kappa shape index (κ1) is 20.1. The van der Waals surface area contributed by atoms with Crippen molar-refractivity contribution in [1.82, 2.24) is 0 Å². The van der Waals surface area contributed by atoms with E-state index in [4.69, 9.17) is 0 Å². The van der Waals surface area contributed by atoms with E-state index in [-0.39, 0.29) is 12.0 Å². The first-order valence-electron chi connectivity index (χ1n) is 8.96. The molecule has 5 heteroatoms. The molecular weight excluding hydrogens is 371 g/mol. The summed E-state index contributed by atoms with van der Waals surface area (Å²) in [6.07, 6.45) is -3.35. The first-order valence-corrected chi connectivity index (χ1v) is 8.96. The van der Waals surface area contributed by atoms with Crippen LogP contribution in [0.2, 0.25) is 0 Å². The van der Waals surface area contributed by atoms with Gasteiger partial charge in [-0.3, -0.25) is 0 Å². The molecule has 146 valence electrons. The van der Waals surface area contributed by atoms with Gasteiger partial charge in [0, 0.05) is 0 Å². The molecule has 0 aromatic heterocycles. The molecule has 0 nitrogen and oxygen atoms in total. The van der Waals surface area contributed by atoms with Crippen molar-refractivity contribution in [3.63, 3.8) is 0 Å². The van der Waals surface area contributed by atoms with Gasteiger partial charge in [-0.1, -0.05) is 60.7 Å². The second-order valence-electron chi connectivity index (χ2n) is 6.77. The summed E-state index contributed by atoms with van der Waals surface area (Å²) in [7, 11) is 0. The standard InChI is InChI=1S/C23H19F5/c24-21-13-12-18(15-22(21)25)11-8-16-6-9-17(10-7-16)14-20(23(26,27)28)19-4-2-1-3-5-19/h1-7,9-10,12-13,15,20H,8,11,14H2/t20-/m0/s1. The highest BCUT2D eigenvalue weighted by molar-refractivity contribution is 5.29. The van der Waals surface area contributed by atoms with Crippen molar-refractivity contribution in [3.8, 4) is 0 Å². The molecule has 0 saturated carbocycles. The number of hydrogen-bond acceptors (Lipinski definition) is 0.